The van der Waals surface area contributed by atoms with Crippen molar-refractivity contribution in [3.05, 3.63) is 78.0 Å². The summed E-state index contributed by atoms with van der Waals surface area (Å²) in [6, 6.07) is 19.2. The molecule has 2 aromatic carbocycles. The normalized spacial score (nSPS) is 14.0. The second kappa shape index (κ2) is 6.00. The van der Waals surface area contributed by atoms with Gasteiger partial charge in [0.2, 0.25) is 0 Å². The van der Waals surface area contributed by atoms with Crippen LogP contribution in [0.25, 0.3) is 22.4 Å². The summed E-state index contributed by atoms with van der Waals surface area (Å²) in [5, 5.41) is 0. The average Bonchev–Trinajstić information content (AvgIpc) is 2.60. The van der Waals surface area contributed by atoms with Crippen LogP contribution >= 0.6 is 0 Å². The van der Waals surface area contributed by atoms with Gasteiger partial charge in [0.05, 0.1) is 5.69 Å². The Labute approximate surface area is 143 Å². The largest absolute Gasteiger partial charge is 0.256 e. The van der Waals surface area contributed by atoms with E-state index in [-0.39, 0.29) is 5.41 Å². The van der Waals surface area contributed by atoms with E-state index in [0.29, 0.717) is 5.56 Å². The number of aromatic nitrogens is 1. The standard InChI is InChI=1S/C22H23N/c1-16-10-11-18(14-20(16)17-8-6-5-7-9-17)21-13-12-19(15-23-21)22(2,3)4/h5-15H,1-4H3/i1D3. The summed E-state index contributed by atoms with van der Waals surface area (Å²) in [7, 11) is 0. The maximum atomic E-state index is 7.85. The molecule has 0 amide bonds. The SMILES string of the molecule is [2H]C([2H])([2H])c1ccc(-c2ccc(C(C)(C)C)cn2)cc1-c1ccccc1. The number of nitrogens with zero attached hydrogens (tertiary/aromatic N) is 1. The van der Waals surface area contributed by atoms with Crippen LogP contribution in [-0.4, -0.2) is 4.98 Å². The summed E-state index contributed by atoms with van der Waals surface area (Å²) in [5.74, 6) is 0. The van der Waals surface area contributed by atoms with Gasteiger partial charge in [-0.2, -0.15) is 0 Å². The number of rotatable bonds is 2. The van der Waals surface area contributed by atoms with Gasteiger partial charge in [-0.1, -0.05) is 69.3 Å². The second-order valence-electron chi connectivity index (χ2n) is 6.81. The Bertz CT molecular complexity index is 889. The third-order valence-corrected chi connectivity index (χ3v) is 4.03. The Morgan fingerprint density at radius 2 is 1.65 bits per heavy atom. The van der Waals surface area contributed by atoms with Gasteiger partial charge in [-0.05, 0) is 46.7 Å². The molecule has 1 aromatic heterocycles. The van der Waals surface area contributed by atoms with E-state index in [0.717, 1.165) is 22.4 Å². The molecule has 3 rings (SSSR count). The van der Waals surface area contributed by atoms with Crippen molar-refractivity contribution in [1.29, 1.82) is 0 Å². The number of aryl methyl sites for hydroxylation is 1. The molecule has 1 heteroatoms. The molecule has 0 spiro atoms. The van der Waals surface area contributed by atoms with E-state index in [1.54, 1.807) is 6.07 Å². The van der Waals surface area contributed by atoms with Crippen LogP contribution in [-0.2, 0) is 5.41 Å². The lowest BCUT2D eigenvalue weighted by Gasteiger charge is -2.18. The Morgan fingerprint density at radius 3 is 2.26 bits per heavy atom. The van der Waals surface area contributed by atoms with Gasteiger partial charge in [-0.15, -0.1) is 0 Å². The molecular formula is C22H23N. The van der Waals surface area contributed by atoms with Gasteiger partial charge >= 0.3 is 0 Å². The van der Waals surface area contributed by atoms with Crippen molar-refractivity contribution in [2.45, 2.75) is 33.0 Å². The zero-order valence-electron chi connectivity index (χ0n) is 16.8. The zero-order valence-corrected chi connectivity index (χ0v) is 13.8. The summed E-state index contributed by atoms with van der Waals surface area (Å²) in [6.07, 6.45) is 1.90. The molecule has 0 saturated carbocycles. The highest BCUT2D eigenvalue weighted by atomic mass is 14.7. The van der Waals surface area contributed by atoms with Crippen molar-refractivity contribution >= 4 is 0 Å². The molecule has 3 aromatic rings. The van der Waals surface area contributed by atoms with Gasteiger partial charge in [-0.25, -0.2) is 0 Å². The predicted molar refractivity (Wildman–Crippen MR) is 98.5 cm³/mol. The van der Waals surface area contributed by atoms with Crippen LogP contribution in [0.4, 0.5) is 0 Å². The van der Waals surface area contributed by atoms with Gasteiger partial charge in [0.25, 0.3) is 0 Å². The highest BCUT2D eigenvalue weighted by molar-refractivity contribution is 5.74. The van der Waals surface area contributed by atoms with E-state index >= 15 is 0 Å². The Kier molecular flexibility index (Phi) is 3.15. The van der Waals surface area contributed by atoms with Crippen LogP contribution in [0, 0.1) is 6.85 Å². The van der Waals surface area contributed by atoms with Gasteiger partial charge in [0, 0.05) is 15.9 Å². The molecule has 116 valence electrons. The number of hydrogen-bond acceptors (Lipinski definition) is 1. The van der Waals surface area contributed by atoms with Crippen molar-refractivity contribution in [2.75, 3.05) is 0 Å². The Hall–Kier alpha value is -2.41. The molecule has 0 radical (unpaired) electrons. The highest BCUT2D eigenvalue weighted by Crippen LogP contribution is 2.29. The minimum absolute atomic E-state index is 0.0475. The van der Waals surface area contributed by atoms with Gasteiger partial charge in [0.1, 0.15) is 0 Å². The number of pyridine rings is 1. The number of benzene rings is 2. The van der Waals surface area contributed by atoms with E-state index in [1.807, 2.05) is 54.7 Å². The fourth-order valence-corrected chi connectivity index (χ4v) is 2.57. The van der Waals surface area contributed by atoms with Crippen LogP contribution < -0.4 is 0 Å². The van der Waals surface area contributed by atoms with Crippen LogP contribution in [0.5, 0.6) is 0 Å². The van der Waals surface area contributed by atoms with Crippen molar-refractivity contribution in [2.24, 2.45) is 0 Å². The van der Waals surface area contributed by atoms with Crippen molar-refractivity contribution in [3.63, 3.8) is 0 Å². The lowest BCUT2D eigenvalue weighted by molar-refractivity contribution is 0.587. The molecule has 23 heavy (non-hydrogen) atoms. The first-order valence-electron chi connectivity index (χ1n) is 9.33. The minimum Gasteiger partial charge on any atom is -0.256 e. The van der Waals surface area contributed by atoms with Crippen LogP contribution in [0.2, 0.25) is 0 Å². The smallest absolute Gasteiger partial charge is 0.0702 e. The van der Waals surface area contributed by atoms with Crippen molar-refractivity contribution < 1.29 is 4.11 Å². The third kappa shape index (κ3) is 3.34. The van der Waals surface area contributed by atoms with Crippen molar-refractivity contribution in [1.82, 2.24) is 4.98 Å². The highest BCUT2D eigenvalue weighted by Gasteiger charge is 2.14. The summed E-state index contributed by atoms with van der Waals surface area (Å²) >= 11 is 0. The minimum atomic E-state index is -2.16. The fraction of sp³-hybridized carbons (Fsp3) is 0.227. The predicted octanol–water partition coefficient (Wildman–Crippen LogP) is 6.02. The lowest BCUT2D eigenvalue weighted by Crippen LogP contribution is -2.11. The van der Waals surface area contributed by atoms with Crippen molar-refractivity contribution in [3.8, 4) is 22.4 Å². The third-order valence-electron chi connectivity index (χ3n) is 4.03. The molecule has 0 aliphatic rings. The summed E-state index contributed by atoms with van der Waals surface area (Å²) < 4.78 is 23.6. The quantitative estimate of drug-likeness (QED) is 0.564. The monoisotopic (exact) mass is 304 g/mol. The van der Waals surface area contributed by atoms with E-state index in [9.17, 15) is 0 Å². The molecule has 0 saturated heterocycles. The van der Waals surface area contributed by atoms with Gasteiger partial charge in [0.15, 0.2) is 0 Å². The van der Waals surface area contributed by atoms with Crippen LogP contribution in [0.3, 0.4) is 0 Å². The number of hydrogen-bond donors (Lipinski definition) is 0. The van der Waals surface area contributed by atoms with Gasteiger partial charge in [-0.3, -0.25) is 4.98 Å². The molecule has 0 atom stereocenters. The molecule has 0 N–H and O–H groups in total. The molecular weight excluding hydrogens is 278 g/mol. The molecule has 0 bridgehead atoms. The Morgan fingerprint density at radius 1 is 0.870 bits per heavy atom. The molecule has 0 unspecified atom stereocenters. The molecule has 0 aliphatic heterocycles. The summed E-state index contributed by atoms with van der Waals surface area (Å²) in [6.45, 7) is 4.31. The van der Waals surface area contributed by atoms with E-state index in [1.165, 1.54) is 5.56 Å². The molecule has 1 nitrogen and oxygen atoms in total. The maximum absolute atomic E-state index is 7.85. The topological polar surface area (TPSA) is 12.9 Å². The van der Waals surface area contributed by atoms with Crippen LogP contribution in [0.1, 0.15) is 36.0 Å². The molecule has 0 aliphatic carbocycles. The first kappa shape index (κ1) is 12.1. The van der Waals surface area contributed by atoms with E-state index < -0.39 is 6.85 Å². The van der Waals surface area contributed by atoms with Crippen LogP contribution in [0.15, 0.2) is 66.9 Å². The van der Waals surface area contributed by atoms with E-state index in [2.05, 4.69) is 31.8 Å². The van der Waals surface area contributed by atoms with E-state index in [4.69, 9.17) is 4.11 Å². The zero-order chi connectivity index (χ0) is 18.9. The fourth-order valence-electron chi connectivity index (χ4n) is 2.57. The first-order valence-corrected chi connectivity index (χ1v) is 7.83. The average molecular weight is 304 g/mol. The molecule has 0 fully saturated rings. The second-order valence-corrected chi connectivity index (χ2v) is 6.81. The maximum Gasteiger partial charge on any atom is 0.0702 e. The summed E-state index contributed by atoms with van der Waals surface area (Å²) in [4.78, 5) is 4.60. The van der Waals surface area contributed by atoms with Gasteiger partial charge < -0.3 is 0 Å². The Balaban J connectivity index is 2.10. The molecule has 1 heterocycles. The lowest BCUT2D eigenvalue weighted by atomic mass is 9.88. The summed E-state index contributed by atoms with van der Waals surface area (Å²) in [5.41, 5.74) is 4.95. The first-order chi connectivity index (χ1) is 12.2.